The number of hydrogen-bond acceptors (Lipinski definition) is 2. The maximum absolute atomic E-state index is 12.8. The van der Waals surface area contributed by atoms with E-state index in [0.717, 1.165) is 8.95 Å². The Labute approximate surface area is 133 Å². The number of carbonyl (C=O) groups is 1. The SMILES string of the molecule is O=C(CCOc1ccc(Br)cc1Br)c1ccc(F)cc1. The van der Waals surface area contributed by atoms with E-state index in [-0.39, 0.29) is 24.6 Å². The zero-order valence-electron chi connectivity index (χ0n) is 10.4. The average Bonchev–Trinajstić information content (AvgIpc) is 2.42. The summed E-state index contributed by atoms with van der Waals surface area (Å²) in [6.45, 7) is 0.274. The summed E-state index contributed by atoms with van der Waals surface area (Å²) in [6, 6.07) is 11.1. The molecule has 0 amide bonds. The van der Waals surface area contributed by atoms with E-state index < -0.39 is 0 Å². The maximum atomic E-state index is 12.8. The topological polar surface area (TPSA) is 26.3 Å². The van der Waals surface area contributed by atoms with Gasteiger partial charge in [-0.1, -0.05) is 15.9 Å². The van der Waals surface area contributed by atoms with Crippen LogP contribution in [0.2, 0.25) is 0 Å². The first-order valence-electron chi connectivity index (χ1n) is 5.93. The van der Waals surface area contributed by atoms with Gasteiger partial charge in [0, 0.05) is 16.5 Å². The third-order valence-corrected chi connectivity index (χ3v) is 3.76. The summed E-state index contributed by atoms with van der Waals surface area (Å²) in [4.78, 5) is 11.9. The molecule has 0 heterocycles. The highest BCUT2D eigenvalue weighted by Crippen LogP contribution is 2.28. The van der Waals surface area contributed by atoms with Crippen LogP contribution in [0.3, 0.4) is 0 Å². The number of benzene rings is 2. The van der Waals surface area contributed by atoms with Gasteiger partial charge in [0.15, 0.2) is 5.78 Å². The minimum absolute atomic E-state index is 0.0711. The van der Waals surface area contributed by atoms with E-state index in [1.165, 1.54) is 24.3 Å². The standard InChI is InChI=1S/C15H11Br2FO2/c16-11-3-6-15(13(17)9-11)20-8-7-14(19)10-1-4-12(18)5-2-10/h1-6,9H,7-8H2. The van der Waals surface area contributed by atoms with Crippen LogP contribution < -0.4 is 4.74 Å². The van der Waals surface area contributed by atoms with Crippen molar-refractivity contribution in [2.24, 2.45) is 0 Å². The van der Waals surface area contributed by atoms with Crippen LogP contribution in [0.25, 0.3) is 0 Å². The zero-order chi connectivity index (χ0) is 14.5. The summed E-state index contributed by atoms with van der Waals surface area (Å²) in [6.07, 6.45) is 0.244. The Morgan fingerprint density at radius 3 is 2.45 bits per heavy atom. The van der Waals surface area contributed by atoms with E-state index >= 15 is 0 Å². The van der Waals surface area contributed by atoms with Gasteiger partial charge in [-0.15, -0.1) is 0 Å². The summed E-state index contributed by atoms with van der Waals surface area (Å²) >= 11 is 6.74. The molecule has 5 heteroatoms. The molecule has 0 fully saturated rings. The highest BCUT2D eigenvalue weighted by Gasteiger charge is 2.07. The monoisotopic (exact) mass is 400 g/mol. The third-order valence-electron chi connectivity index (χ3n) is 2.65. The van der Waals surface area contributed by atoms with Crippen molar-refractivity contribution >= 4 is 37.6 Å². The number of ether oxygens (including phenoxy) is 1. The fourth-order valence-electron chi connectivity index (χ4n) is 1.63. The van der Waals surface area contributed by atoms with E-state index in [2.05, 4.69) is 31.9 Å². The molecule has 0 spiro atoms. The van der Waals surface area contributed by atoms with Crippen LogP contribution in [0.1, 0.15) is 16.8 Å². The van der Waals surface area contributed by atoms with Gasteiger partial charge in [0.2, 0.25) is 0 Å². The first-order valence-corrected chi connectivity index (χ1v) is 7.51. The Hall–Kier alpha value is -1.20. The Morgan fingerprint density at radius 2 is 1.80 bits per heavy atom. The summed E-state index contributed by atoms with van der Waals surface area (Å²) in [5, 5.41) is 0. The van der Waals surface area contributed by atoms with Gasteiger partial charge in [0.25, 0.3) is 0 Å². The van der Waals surface area contributed by atoms with Crippen LogP contribution in [0.15, 0.2) is 51.4 Å². The van der Waals surface area contributed by atoms with Gasteiger partial charge < -0.3 is 4.74 Å². The molecule has 104 valence electrons. The predicted molar refractivity (Wildman–Crippen MR) is 82.7 cm³/mol. The van der Waals surface area contributed by atoms with Crippen molar-refractivity contribution in [3.05, 3.63) is 62.8 Å². The van der Waals surface area contributed by atoms with Crippen molar-refractivity contribution in [2.45, 2.75) is 6.42 Å². The van der Waals surface area contributed by atoms with E-state index in [0.29, 0.717) is 11.3 Å². The minimum atomic E-state index is -0.350. The van der Waals surface area contributed by atoms with Crippen LogP contribution in [0, 0.1) is 5.82 Å². The Morgan fingerprint density at radius 1 is 1.10 bits per heavy atom. The lowest BCUT2D eigenvalue weighted by Gasteiger charge is -2.08. The molecule has 0 atom stereocenters. The van der Waals surface area contributed by atoms with E-state index in [4.69, 9.17) is 4.74 Å². The molecule has 0 aliphatic carbocycles. The lowest BCUT2D eigenvalue weighted by molar-refractivity contribution is 0.0962. The van der Waals surface area contributed by atoms with Gasteiger partial charge in [-0.25, -0.2) is 4.39 Å². The summed E-state index contributed by atoms with van der Waals surface area (Å²) in [7, 11) is 0. The molecule has 0 saturated heterocycles. The first kappa shape index (κ1) is 15.2. The number of hydrogen-bond donors (Lipinski definition) is 0. The lowest BCUT2D eigenvalue weighted by atomic mass is 10.1. The van der Waals surface area contributed by atoms with E-state index in [1.807, 2.05) is 18.2 Å². The van der Waals surface area contributed by atoms with Crippen LogP contribution in [-0.2, 0) is 0 Å². The molecule has 0 aliphatic rings. The number of carbonyl (C=O) groups excluding carboxylic acids is 1. The average molecular weight is 402 g/mol. The molecule has 0 saturated carbocycles. The van der Waals surface area contributed by atoms with Crippen molar-refractivity contribution in [3.63, 3.8) is 0 Å². The van der Waals surface area contributed by atoms with Crippen molar-refractivity contribution < 1.29 is 13.9 Å². The molecule has 0 aromatic heterocycles. The number of halogens is 3. The molecule has 2 aromatic rings. The number of ketones is 1. The number of rotatable bonds is 5. The van der Waals surface area contributed by atoms with Crippen LogP contribution >= 0.6 is 31.9 Å². The predicted octanol–water partition coefficient (Wildman–Crippen LogP) is 5.00. The second-order valence-corrected chi connectivity index (χ2v) is 5.87. The second-order valence-electron chi connectivity index (χ2n) is 4.10. The summed E-state index contributed by atoms with van der Waals surface area (Å²) in [5.41, 5.74) is 0.491. The first-order chi connectivity index (χ1) is 9.56. The molecule has 2 aromatic carbocycles. The van der Waals surface area contributed by atoms with Gasteiger partial charge >= 0.3 is 0 Å². The smallest absolute Gasteiger partial charge is 0.166 e. The van der Waals surface area contributed by atoms with E-state index in [1.54, 1.807) is 0 Å². The molecule has 0 aliphatic heterocycles. The Bertz CT molecular complexity index is 612. The van der Waals surface area contributed by atoms with Gasteiger partial charge in [0.1, 0.15) is 11.6 Å². The fraction of sp³-hybridized carbons (Fsp3) is 0.133. The van der Waals surface area contributed by atoms with Crippen LogP contribution in [-0.4, -0.2) is 12.4 Å². The van der Waals surface area contributed by atoms with Gasteiger partial charge in [0.05, 0.1) is 11.1 Å². The van der Waals surface area contributed by atoms with Gasteiger partial charge in [-0.2, -0.15) is 0 Å². The second kappa shape index (κ2) is 6.99. The highest BCUT2D eigenvalue weighted by molar-refractivity contribution is 9.11. The molecule has 0 unspecified atom stereocenters. The van der Waals surface area contributed by atoms with Crippen LogP contribution in [0.4, 0.5) is 4.39 Å². The van der Waals surface area contributed by atoms with Crippen LogP contribution in [0.5, 0.6) is 5.75 Å². The molecule has 0 radical (unpaired) electrons. The van der Waals surface area contributed by atoms with Gasteiger partial charge in [-0.05, 0) is 58.4 Å². The maximum Gasteiger partial charge on any atom is 0.166 e. The van der Waals surface area contributed by atoms with Crippen molar-refractivity contribution in [1.82, 2.24) is 0 Å². The quantitative estimate of drug-likeness (QED) is 0.658. The lowest BCUT2D eigenvalue weighted by Crippen LogP contribution is -2.07. The van der Waals surface area contributed by atoms with Gasteiger partial charge in [-0.3, -0.25) is 4.79 Å². The van der Waals surface area contributed by atoms with Crippen molar-refractivity contribution in [2.75, 3.05) is 6.61 Å². The third kappa shape index (κ3) is 4.15. The largest absolute Gasteiger partial charge is 0.492 e. The number of Topliss-reactive ketones (excluding diaryl/α,β-unsaturated/α-hetero) is 1. The molecule has 2 rings (SSSR count). The summed E-state index contributed by atoms with van der Waals surface area (Å²) in [5.74, 6) is 0.259. The van der Waals surface area contributed by atoms with Crippen molar-refractivity contribution in [1.29, 1.82) is 0 Å². The molecular weight excluding hydrogens is 391 g/mol. The zero-order valence-corrected chi connectivity index (χ0v) is 13.6. The molecule has 20 heavy (non-hydrogen) atoms. The Kier molecular flexibility index (Phi) is 5.31. The molecule has 0 N–H and O–H groups in total. The van der Waals surface area contributed by atoms with E-state index in [9.17, 15) is 9.18 Å². The normalized spacial score (nSPS) is 10.3. The molecular formula is C15H11Br2FO2. The van der Waals surface area contributed by atoms with Crippen molar-refractivity contribution in [3.8, 4) is 5.75 Å². The molecule has 2 nitrogen and oxygen atoms in total. The summed E-state index contributed by atoms with van der Waals surface area (Å²) < 4.78 is 20.1. The molecule has 0 bridgehead atoms. The highest BCUT2D eigenvalue weighted by atomic mass is 79.9. The minimum Gasteiger partial charge on any atom is -0.492 e. The fourth-order valence-corrected chi connectivity index (χ4v) is 2.79. The Balaban J connectivity index is 1.89.